The minimum absolute atomic E-state index is 0.173. The van der Waals surface area contributed by atoms with Gasteiger partial charge >= 0.3 is 0 Å². The van der Waals surface area contributed by atoms with Crippen LogP contribution in [0.3, 0.4) is 0 Å². The number of nitrogens with one attached hydrogen (secondary N) is 1. The van der Waals surface area contributed by atoms with E-state index in [1.54, 1.807) is 0 Å². The summed E-state index contributed by atoms with van der Waals surface area (Å²) >= 11 is 0. The molecule has 114 valence electrons. The lowest BCUT2D eigenvalue weighted by Gasteiger charge is -2.33. The first kappa shape index (κ1) is 14.5. The first-order valence-electron chi connectivity index (χ1n) is 7.98. The number of rotatable bonds is 7. The summed E-state index contributed by atoms with van der Waals surface area (Å²) in [6.45, 7) is 3.15. The van der Waals surface area contributed by atoms with Crippen LogP contribution < -0.4 is 5.32 Å². The number of fused-ring (bicyclic) bond motifs is 1. The second kappa shape index (κ2) is 5.78. The molecule has 4 heteroatoms. The largest absolute Gasteiger partial charge is 0.394 e. The van der Waals surface area contributed by atoms with Crippen LogP contribution in [0.2, 0.25) is 0 Å². The van der Waals surface area contributed by atoms with Crippen LogP contribution in [0.25, 0.3) is 11.0 Å². The molecule has 1 aromatic heterocycles. The maximum Gasteiger partial charge on any atom is 0.109 e. The molecule has 0 bridgehead atoms. The summed E-state index contributed by atoms with van der Waals surface area (Å²) in [7, 11) is 1.97. The molecule has 0 aliphatic heterocycles. The van der Waals surface area contributed by atoms with Crippen LogP contribution in [0.5, 0.6) is 0 Å². The van der Waals surface area contributed by atoms with Crippen molar-refractivity contribution in [2.45, 2.75) is 44.7 Å². The van der Waals surface area contributed by atoms with Crippen molar-refractivity contribution in [3.63, 3.8) is 0 Å². The summed E-state index contributed by atoms with van der Waals surface area (Å²) in [5.41, 5.74) is 2.01. The van der Waals surface area contributed by atoms with Crippen molar-refractivity contribution in [2.75, 3.05) is 13.7 Å². The average Bonchev–Trinajstić information content (AvgIpc) is 3.30. The fourth-order valence-electron chi connectivity index (χ4n) is 3.30. The van der Waals surface area contributed by atoms with Crippen molar-refractivity contribution in [3.8, 4) is 0 Å². The van der Waals surface area contributed by atoms with Gasteiger partial charge in [0.2, 0.25) is 0 Å². The predicted molar refractivity (Wildman–Crippen MR) is 85.3 cm³/mol. The lowest BCUT2D eigenvalue weighted by molar-refractivity contribution is 0.130. The van der Waals surface area contributed by atoms with Crippen LogP contribution in [-0.4, -0.2) is 33.9 Å². The van der Waals surface area contributed by atoms with Gasteiger partial charge in [-0.25, -0.2) is 4.98 Å². The van der Waals surface area contributed by atoms with Gasteiger partial charge in [0.15, 0.2) is 0 Å². The summed E-state index contributed by atoms with van der Waals surface area (Å²) in [6, 6.07) is 8.30. The molecule has 1 fully saturated rings. The normalized spacial score (nSPS) is 18.0. The summed E-state index contributed by atoms with van der Waals surface area (Å²) < 4.78 is 2.31. The number of aliphatic hydroxyl groups excluding tert-OH is 1. The molecule has 1 aromatic carbocycles. The lowest BCUT2D eigenvalue weighted by Crippen LogP contribution is -2.52. The molecule has 1 saturated carbocycles. The number of likely N-dealkylation sites (N-methyl/N-ethyl adjacent to an activating group) is 1. The zero-order valence-electron chi connectivity index (χ0n) is 13.0. The van der Waals surface area contributed by atoms with Gasteiger partial charge in [-0.05, 0) is 44.4 Å². The van der Waals surface area contributed by atoms with Crippen LogP contribution in [0.15, 0.2) is 24.3 Å². The van der Waals surface area contributed by atoms with Gasteiger partial charge in [0.05, 0.1) is 23.2 Å². The molecule has 4 nitrogen and oxygen atoms in total. The Morgan fingerprint density at radius 3 is 2.76 bits per heavy atom. The Balaban J connectivity index is 2.03. The molecular formula is C17H25N3O. The highest BCUT2D eigenvalue weighted by Gasteiger charge is 2.44. The lowest BCUT2D eigenvalue weighted by atomic mass is 9.94. The molecule has 1 heterocycles. The van der Waals surface area contributed by atoms with Gasteiger partial charge in [0.1, 0.15) is 5.82 Å². The summed E-state index contributed by atoms with van der Waals surface area (Å²) in [5, 5.41) is 13.4. The van der Waals surface area contributed by atoms with Crippen molar-refractivity contribution in [2.24, 2.45) is 5.92 Å². The third-order valence-electron chi connectivity index (χ3n) is 4.79. The second-order valence-corrected chi connectivity index (χ2v) is 6.19. The van der Waals surface area contributed by atoms with E-state index in [9.17, 15) is 5.11 Å². The number of aryl methyl sites for hydroxylation is 1. The smallest absolute Gasteiger partial charge is 0.109 e. The third kappa shape index (κ3) is 2.58. The Labute approximate surface area is 126 Å². The molecule has 2 N–H and O–H groups in total. The zero-order chi connectivity index (χ0) is 14.9. The van der Waals surface area contributed by atoms with Crippen molar-refractivity contribution >= 4 is 11.0 Å². The highest BCUT2D eigenvalue weighted by molar-refractivity contribution is 5.76. The number of imidazole rings is 1. The van der Waals surface area contributed by atoms with Crippen LogP contribution in [0.4, 0.5) is 0 Å². The van der Waals surface area contributed by atoms with Gasteiger partial charge in [-0.1, -0.05) is 19.1 Å². The maximum atomic E-state index is 9.98. The highest BCUT2D eigenvalue weighted by Crippen LogP contribution is 2.41. The minimum atomic E-state index is -0.216. The molecule has 2 aromatic rings. The van der Waals surface area contributed by atoms with Crippen molar-refractivity contribution in [1.82, 2.24) is 14.9 Å². The van der Waals surface area contributed by atoms with E-state index in [1.807, 2.05) is 13.1 Å². The van der Waals surface area contributed by atoms with Crippen LogP contribution >= 0.6 is 0 Å². The molecular weight excluding hydrogens is 262 g/mol. The van der Waals surface area contributed by atoms with Gasteiger partial charge in [0, 0.05) is 13.0 Å². The number of hydrogen-bond donors (Lipinski definition) is 2. The first-order chi connectivity index (χ1) is 10.2. The third-order valence-corrected chi connectivity index (χ3v) is 4.79. The monoisotopic (exact) mass is 287 g/mol. The van der Waals surface area contributed by atoms with Gasteiger partial charge < -0.3 is 15.0 Å². The van der Waals surface area contributed by atoms with Crippen molar-refractivity contribution < 1.29 is 5.11 Å². The molecule has 1 atom stereocenters. The van der Waals surface area contributed by atoms with Crippen molar-refractivity contribution in [3.05, 3.63) is 30.1 Å². The number of aliphatic hydroxyl groups is 1. The van der Waals surface area contributed by atoms with E-state index < -0.39 is 0 Å². The molecule has 0 amide bonds. The quantitative estimate of drug-likeness (QED) is 0.822. The van der Waals surface area contributed by atoms with E-state index in [4.69, 9.17) is 4.98 Å². The minimum Gasteiger partial charge on any atom is -0.394 e. The number of hydrogen-bond acceptors (Lipinski definition) is 3. The van der Waals surface area contributed by atoms with Crippen LogP contribution in [0, 0.1) is 5.92 Å². The van der Waals surface area contributed by atoms with Gasteiger partial charge in [-0.2, -0.15) is 0 Å². The van der Waals surface area contributed by atoms with Gasteiger partial charge in [-0.3, -0.25) is 0 Å². The highest BCUT2D eigenvalue weighted by atomic mass is 16.3. The predicted octanol–water partition coefficient (Wildman–Crippen LogP) is 2.35. The molecule has 0 saturated heterocycles. The number of benzene rings is 1. The SMILES string of the molecule is CCCc1nc2ccccc2n1CC(CO)(NC)C1CC1. The molecule has 21 heavy (non-hydrogen) atoms. The van der Waals surface area contributed by atoms with E-state index in [1.165, 1.54) is 18.4 Å². The summed E-state index contributed by atoms with van der Waals surface area (Å²) in [4.78, 5) is 4.79. The van der Waals surface area contributed by atoms with E-state index in [-0.39, 0.29) is 12.1 Å². The van der Waals surface area contributed by atoms with Gasteiger partial charge in [-0.15, -0.1) is 0 Å². The number of nitrogens with zero attached hydrogens (tertiary/aromatic N) is 2. The van der Waals surface area contributed by atoms with Crippen LogP contribution in [-0.2, 0) is 13.0 Å². The molecule has 0 radical (unpaired) electrons. The first-order valence-corrected chi connectivity index (χ1v) is 7.98. The average molecular weight is 287 g/mol. The molecule has 0 spiro atoms. The Hall–Kier alpha value is -1.39. The Kier molecular flexibility index (Phi) is 4.00. The maximum absolute atomic E-state index is 9.98. The van der Waals surface area contributed by atoms with Crippen LogP contribution in [0.1, 0.15) is 32.0 Å². The molecule has 3 rings (SSSR count). The fourth-order valence-corrected chi connectivity index (χ4v) is 3.30. The van der Waals surface area contributed by atoms with E-state index in [0.717, 1.165) is 30.7 Å². The standard InChI is InChI=1S/C17H25N3O/c1-3-6-16-19-14-7-4-5-8-15(14)20(16)11-17(12-21,18-2)13-9-10-13/h4-5,7-8,13,18,21H,3,6,9-12H2,1-2H3. The Bertz CT molecular complexity index is 612. The van der Waals surface area contributed by atoms with E-state index in [2.05, 4.69) is 35.0 Å². The van der Waals surface area contributed by atoms with Gasteiger partial charge in [0.25, 0.3) is 0 Å². The van der Waals surface area contributed by atoms with E-state index in [0.29, 0.717) is 5.92 Å². The topological polar surface area (TPSA) is 50.1 Å². The Morgan fingerprint density at radius 2 is 2.14 bits per heavy atom. The molecule has 1 aliphatic carbocycles. The summed E-state index contributed by atoms with van der Waals surface area (Å²) in [5.74, 6) is 1.70. The second-order valence-electron chi connectivity index (χ2n) is 6.19. The Morgan fingerprint density at radius 1 is 1.38 bits per heavy atom. The molecule has 1 aliphatic rings. The zero-order valence-corrected chi connectivity index (χ0v) is 13.0. The summed E-state index contributed by atoms with van der Waals surface area (Å²) in [6.07, 6.45) is 4.47. The van der Waals surface area contributed by atoms with Crippen molar-refractivity contribution in [1.29, 1.82) is 0 Å². The fraction of sp³-hybridized carbons (Fsp3) is 0.588. The number of para-hydroxylation sites is 2. The molecule has 1 unspecified atom stereocenters. The number of aromatic nitrogens is 2. The van der Waals surface area contributed by atoms with E-state index >= 15 is 0 Å².